The Morgan fingerprint density at radius 3 is 2.59 bits per heavy atom. The van der Waals surface area contributed by atoms with Crippen LogP contribution in [-0.2, 0) is 0 Å². The fourth-order valence-corrected chi connectivity index (χ4v) is 3.89. The van der Waals surface area contributed by atoms with Crippen LogP contribution in [-0.4, -0.2) is 47.0 Å². The van der Waals surface area contributed by atoms with Gasteiger partial charge >= 0.3 is 0 Å². The van der Waals surface area contributed by atoms with Gasteiger partial charge in [-0.2, -0.15) is 0 Å². The number of carbonyl (C=O) groups excluding carboxylic acids is 1. The molecule has 5 heteroatoms. The van der Waals surface area contributed by atoms with E-state index in [1.165, 1.54) is 6.42 Å². The fraction of sp³-hybridized carbons (Fsp3) is 0.364. The zero-order valence-corrected chi connectivity index (χ0v) is 15.8. The summed E-state index contributed by atoms with van der Waals surface area (Å²) in [7, 11) is 1.99. The van der Waals surface area contributed by atoms with E-state index in [9.17, 15) is 4.79 Å². The van der Waals surface area contributed by atoms with Crippen molar-refractivity contribution in [3.05, 3.63) is 60.4 Å². The molecule has 1 aliphatic heterocycles. The molecule has 5 nitrogen and oxygen atoms in total. The van der Waals surface area contributed by atoms with Crippen molar-refractivity contribution in [2.24, 2.45) is 5.92 Å². The van der Waals surface area contributed by atoms with E-state index >= 15 is 0 Å². The maximum Gasteiger partial charge on any atom is 0.253 e. The number of para-hydroxylation sites is 2. The summed E-state index contributed by atoms with van der Waals surface area (Å²) in [5.41, 5.74) is 3.82. The first-order chi connectivity index (χ1) is 13.3. The van der Waals surface area contributed by atoms with E-state index < -0.39 is 0 Å². The van der Waals surface area contributed by atoms with Crippen molar-refractivity contribution >= 4 is 16.9 Å². The van der Waals surface area contributed by atoms with Gasteiger partial charge in [-0.1, -0.05) is 12.1 Å². The minimum absolute atomic E-state index is 0.143. The number of likely N-dealkylation sites (tertiary alicyclic amines) is 1. The molecular formula is C22H26N4O. The quantitative estimate of drug-likeness (QED) is 0.756. The molecule has 0 spiro atoms. The molecule has 4 rings (SSSR count). The number of imidazole rings is 1. The summed E-state index contributed by atoms with van der Waals surface area (Å²) in [5.74, 6) is 0.877. The Morgan fingerprint density at radius 1 is 1.11 bits per heavy atom. The van der Waals surface area contributed by atoms with Gasteiger partial charge in [0.05, 0.1) is 11.0 Å². The first-order valence-corrected chi connectivity index (χ1v) is 9.72. The number of nitrogens with one attached hydrogen (secondary N) is 1. The highest BCUT2D eigenvalue weighted by Crippen LogP contribution is 2.23. The molecule has 27 heavy (non-hydrogen) atoms. The summed E-state index contributed by atoms with van der Waals surface area (Å²) in [6, 6.07) is 15.9. The summed E-state index contributed by atoms with van der Waals surface area (Å²) in [4.78, 5) is 19.3. The molecule has 1 aromatic heterocycles. The summed E-state index contributed by atoms with van der Waals surface area (Å²) < 4.78 is 2.05. The number of piperidine rings is 1. The van der Waals surface area contributed by atoms with Crippen molar-refractivity contribution < 1.29 is 4.79 Å². The average Bonchev–Trinajstić information content (AvgIpc) is 3.16. The third-order valence-electron chi connectivity index (χ3n) is 5.55. The number of fused-ring (bicyclic) bond motifs is 1. The lowest BCUT2D eigenvalue weighted by Gasteiger charge is -2.32. The van der Waals surface area contributed by atoms with Crippen LogP contribution in [0.4, 0.5) is 0 Å². The zero-order valence-electron chi connectivity index (χ0n) is 15.8. The van der Waals surface area contributed by atoms with E-state index in [0.29, 0.717) is 0 Å². The summed E-state index contributed by atoms with van der Waals surface area (Å²) >= 11 is 0. The molecule has 0 radical (unpaired) electrons. The van der Waals surface area contributed by atoms with Crippen LogP contribution in [0.2, 0.25) is 0 Å². The highest BCUT2D eigenvalue weighted by molar-refractivity contribution is 5.94. The number of aromatic nitrogens is 2. The highest BCUT2D eigenvalue weighted by atomic mass is 16.2. The third-order valence-corrected chi connectivity index (χ3v) is 5.55. The van der Waals surface area contributed by atoms with E-state index in [1.54, 1.807) is 0 Å². The normalized spacial score (nSPS) is 15.4. The van der Waals surface area contributed by atoms with Crippen LogP contribution < -0.4 is 5.32 Å². The Morgan fingerprint density at radius 2 is 1.85 bits per heavy atom. The second-order valence-corrected chi connectivity index (χ2v) is 7.28. The van der Waals surface area contributed by atoms with E-state index in [0.717, 1.165) is 60.7 Å². The lowest BCUT2D eigenvalue weighted by atomic mass is 9.93. The van der Waals surface area contributed by atoms with Crippen LogP contribution in [0.1, 0.15) is 29.6 Å². The van der Waals surface area contributed by atoms with Crippen molar-refractivity contribution in [3.63, 3.8) is 0 Å². The van der Waals surface area contributed by atoms with Gasteiger partial charge in [0.2, 0.25) is 0 Å². The average molecular weight is 362 g/mol. The second kappa shape index (κ2) is 7.92. The smallest absolute Gasteiger partial charge is 0.253 e. The Balaban J connectivity index is 1.44. The molecule has 140 valence electrons. The molecular weight excluding hydrogens is 336 g/mol. The summed E-state index contributed by atoms with van der Waals surface area (Å²) in [6.45, 7) is 2.78. The van der Waals surface area contributed by atoms with E-state index in [1.807, 2.05) is 60.7 Å². The Hall–Kier alpha value is -2.66. The SMILES string of the molecule is CNCCC1CCN(C(=O)c2ccc(-n3cnc4ccccc43)cc2)CC1. The minimum atomic E-state index is 0.143. The molecule has 0 aliphatic carbocycles. The zero-order chi connectivity index (χ0) is 18.6. The van der Waals surface area contributed by atoms with Gasteiger partial charge < -0.3 is 10.2 Å². The number of hydrogen-bond acceptors (Lipinski definition) is 3. The number of nitrogens with zero attached hydrogens (tertiary/aromatic N) is 3. The standard InChI is InChI=1S/C22H26N4O/c1-23-13-10-17-11-14-25(15-12-17)22(27)18-6-8-19(9-7-18)26-16-24-20-4-2-3-5-21(20)26/h2-9,16-17,23H,10-15H2,1H3. The minimum Gasteiger partial charge on any atom is -0.339 e. The van der Waals surface area contributed by atoms with Crippen LogP contribution >= 0.6 is 0 Å². The van der Waals surface area contributed by atoms with Gasteiger partial charge in [0.1, 0.15) is 6.33 Å². The third kappa shape index (κ3) is 3.74. The van der Waals surface area contributed by atoms with Crippen LogP contribution in [0, 0.1) is 5.92 Å². The molecule has 3 aromatic rings. The first kappa shape index (κ1) is 17.7. The molecule has 0 atom stereocenters. The van der Waals surface area contributed by atoms with Crippen LogP contribution in [0.25, 0.3) is 16.7 Å². The maximum atomic E-state index is 12.8. The topological polar surface area (TPSA) is 50.2 Å². The molecule has 1 fully saturated rings. The molecule has 2 heterocycles. The van der Waals surface area contributed by atoms with Crippen molar-refractivity contribution in [3.8, 4) is 5.69 Å². The number of benzene rings is 2. The molecule has 0 saturated carbocycles. The van der Waals surface area contributed by atoms with Gasteiger partial charge in [-0.3, -0.25) is 9.36 Å². The van der Waals surface area contributed by atoms with Gasteiger partial charge in [0.25, 0.3) is 5.91 Å². The van der Waals surface area contributed by atoms with Gasteiger partial charge in [-0.25, -0.2) is 4.98 Å². The van der Waals surface area contributed by atoms with Gasteiger partial charge in [0, 0.05) is 24.3 Å². The summed E-state index contributed by atoms with van der Waals surface area (Å²) in [6.07, 6.45) is 5.24. The van der Waals surface area contributed by atoms with Crippen LogP contribution in [0.3, 0.4) is 0 Å². The lowest BCUT2D eigenvalue weighted by Crippen LogP contribution is -2.38. The molecule has 1 N–H and O–H groups in total. The first-order valence-electron chi connectivity index (χ1n) is 9.72. The molecule has 0 bridgehead atoms. The van der Waals surface area contributed by atoms with Crippen LogP contribution in [0.15, 0.2) is 54.9 Å². The monoisotopic (exact) mass is 362 g/mol. The maximum absolute atomic E-state index is 12.8. The van der Waals surface area contributed by atoms with Crippen molar-refractivity contribution in [1.29, 1.82) is 0 Å². The molecule has 0 unspecified atom stereocenters. The number of hydrogen-bond donors (Lipinski definition) is 1. The Labute approximate surface area is 160 Å². The molecule has 1 saturated heterocycles. The van der Waals surface area contributed by atoms with Gasteiger partial charge in [-0.15, -0.1) is 0 Å². The van der Waals surface area contributed by atoms with Gasteiger partial charge in [-0.05, 0) is 75.2 Å². The molecule has 1 aliphatic rings. The number of carbonyl (C=O) groups is 1. The Kier molecular flexibility index (Phi) is 5.21. The Bertz CT molecular complexity index is 907. The molecule has 2 aromatic carbocycles. The summed E-state index contributed by atoms with van der Waals surface area (Å²) in [5, 5.41) is 3.22. The van der Waals surface area contributed by atoms with E-state index in [4.69, 9.17) is 0 Å². The van der Waals surface area contributed by atoms with Crippen molar-refractivity contribution in [2.75, 3.05) is 26.7 Å². The predicted molar refractivity (Wildman–Crippen MR) is 108 cm³/mol. The fourth-order valence-electron chi connectivity index (χ4n) is 3.89. The molecule has 1 amide bonds. The van der Waals surface area contributed by atoms with E-state index in [2.05, 4.69) is 20.9 Å². The van der Waals surface area contributed by atoms with E-state index in [-0.39, 0.29) is 5.91 Å². The number of amides is 1. The predicted octanol–water partition coefficient (Wildman–Crippen LogP) is 3.49. The second-order valence-electron chi connectivity index (χ2n) is 7.28. The largest absolute Gasteiger partial charge is 0.339 e. The highest BCUT2D eigenvalue weighted by Gasteiger charge is 2.23. The van der Waals surface area contributed by atoms with Crippen molar-refractivity contribution in [1.82, 2.24) is 19.8 Å². The lowest BCUT2D eigenvalue weighted by molar-refractivity contribution is 0.0687. The number of rotatable bonds is 5. The van der Waals surface area contributed by atoms with Crippen LogP contribution in [0.5, 0.6) is 0 Å². The van der Waals surface area contributed by atoms with Crippen molar-refractivity contribution in [2.45, 2.75) is 19.3 Å². The van der Waals surface area contributed by atoms with Gasteiger partial charge in [0.15, 0.2) is 0 Å².